The lowest BCUT2D eigenvalue weighted by Gasteiger charge is -2.38. The monoisotopic (exact) mass is 279 g/mol. The van der Waals surface area contributed by atoms with E-state index in [1.54, 1.807) is 4.88 Å². The first-order valence-electron chi connectivity index (χ1n) is 8.08. The van der Waals surface area contributed by atoms with Crippen LogP contribution in [0.25, 0.3) is 0 Å². The molecule has 1 aliphatic carbocycles. The van der Waals surface area contributed by atoms with Crippen LogP contribution in [0.5, 0.6) is 0 Å². The van der Waals surface area contributed by atoms with E-state index in [1.807, 2.05) is 11.3 Å². The Morgan fingerprint density at radius 1 is 1.16 bits per heavy atom. The molecule has 0 aliphatic heterocycles. The zero-order valence-corrected chi connectivity index (χ0v) is 13.2. The summed E-state index contributed by atoms with van der Waals surface area (Å²) in [6.45, 7) is 4.65. The molecule has 1 N–H and O–H groups in total. The molecule has 0 bridgehead atoms. The van der Waals surface area contributed by atoms with Crippen molar-refractivity contribution in [1.29, 1.82) is 0 Å². The Hall–Kier alpha value is -0.340. The SMILES string of the molecule is CCCNCCC1(CCc2cccs2)CCCCC1. The van der Waals surface area contributed by atoms with Gasteiger partial charge >= 0.3 is 0 Å². The van der Waals surface area contributed by atoms with Gasteiger partial charge in [-0.15, -0.1) is 11.3 Å². The number of hydrogen-bond acceptors (Lipinski definition) is 2. The third-order valence-corrected chi connectivity index (χ3v) is 5.59. The highest BCUT2D eigenvalue weighted by atomic mass is 32.1. The van der Waals surface area contributed by atoms with Crippen LogP contribution in [0.15, 0.2) is 17.5 Å². The summed E-state index contributed by atoms with van der Waals surface area (Å²) in [5.41, 5.74) is 0.642. The maximum absolute atomic E-state index is 3.60. The summed E-state index contributed by atoms with van der Waals surface area (Å²) < 4.78 is 0. The van der Waals surface area contributed by atoms with Gasteiger partial charge in [0.2, 0.25) is 0 Å². The lowest BCUT2D eigenvalue weighted by atomic mass is 9.69. The lowest BCUT2D eigenvalue weighted by Crippen LogP contribution is -2.30. The molecule has 1 aliphatic rings. The van der Waals surface area contributed by atoms with Crippen molar-refractivity contribution in [1.82, 2.24) is 5.32 Å². The number of rotatable bonds is 8. The van der Waals surface area contributed by atoms with Gasteiger partial charge in [-0.05, 0) is 68.5 Å². The highest BCUT2D eigenvalue weighted by Crippen LogP contribution is 2.43. The van der Waals surface area contributed by atoms with Crippen molar-refractivity contribution >= 4 is 11.3 Å². The van der Waals surface area contributed by atoms with Gasteiger partial charge < -0.3 is 5.32 Å². The fraction of sp³-hybridized carbons (Fsp3) is 0.765. The molecule has 19 heavy (non-hydrogen) atoms. The van der Waals surface area contributed by atoms with Crippen molar-refractivity contribution in [3.63, 3.8) is 0 Å². The molecule has 0 atom stereocenters. The molecule has 0 radical (unpaired) electrons. The van der Waals surface area contributed by atoms with Crippen molar-refractivity contribution in [2.24, 2.45) is 5.41 Å². The average molecular weight is 279 g/mol. The van der Waals surface area contributed by atoms with Crippen LogP contribution in [-0.4, -0.2) is 13.1 Å². The molecule has 0 amide bonds. The molecule has 0 aromatic carbocycles. The Kier molecular flexibility index (Phi) is 6.39. The summed E-state index contributed by atoms with van der Waals surface area (Å²) in [6.07, 6.45) is 12.6. The minimum absolute atomic E-state index is 0.642. The largest absolute Gasteiger partial charge is 0.317 e. The molecule has 2 rings (SSSR count). The summed E-state index contributed by atoms with van der Waals surface area (Å²) in [5.74, 6) is 0. The minimum atomic E-state index is 0.642. The van der Waals surface area contributed by atoms with Crippen LogP contribution in [0.4, 0.5) is 0 Å². The van der Waals surface area contributed by atoms with Crippen molar-refractivity contribution < 1.29 is 0 Å². The second kappa shape index (κ2) is 8.06. The van der Waals surface area contributed by atoms with E-state index in [0.29, 0.717) is 5.41 Å². The number of thiophene rings is 1. The number of aryl methyl sites for hydroxylation is 1. The molecule has 1 aromatic heterocycles. The Balaban J connectivity index is 1.82. The number of nitrogens with one attached hydrogen (secondary N) is 1. The van der Waals surface area contributed by atoms with Crippen LogP contribution in [0.3, 0.4) is 0 Å². The summed E-state index contributed by atoms with van der Waals surface area (Å²) in [5, 5.41) is 5.82. The predicted octanol–water partition coefficient (Wildman–Crippen LogP) is 5.02. The molecular formula is C17H29NS. The minimum Gasteiger partial charge on any atom is -0.317 e. The normalized spacial score (nSPS) is 18.6. The quantitative estimate of drug-likeness (QED) is 0.659. The maximum atomic E-state index is 3.60. The molecule has 2 heteroatoms. The number of hydrogen-bond donors (Lipinski definition) is 1. The zero-order valence-electron chi connectivity index (χ0n) is 12.4. The van der Waals surface area contributed by atoms with E-state index in [0.717, 1.165) is 0 Å². The van der Waals surface area contributed by atoms with Gasteiger partial charge in [0.1, 0.15) is 0 Å². The molecule has 1 fully saturated rings. The standard InChI is InChI=1S/C17H29NS/c1-2-13-18-14-12-17(9-4-3-5-10-17)11-8-16-7-6-15-19-16/h6-7,15,18H,2-5,8-14H2,1H3. The van der Waals surface area contributed by atoms with Crippen molar-refractivity contribution in [3.05, 3.63) is 22.4 Å². The van der Waals surface area contributed by atoms with E-state index in [1.165, 1.54) is 70.9 Å². The van der Waals surface area contributed by atoms with Gasteiger partial charge in [0.05, 0.1) is 0 Å². The van der Waals surface area contributed by atoms with Gasteiger partial charge in [-0.25, -0.2) is 0 Å². The zero-order chi connectivity index (χ0) is 13.4. The van der Waals surface area contributed by atoms with Gasteiger partial charge in [0.25, 0.3) is 0 Å². The van der Waals surface area contributed by atoms with Crippen LogP contribution in [0.1, 0.15) is 63.2 Å². The fourth-order valence-electron chi connectivity index (χ4n) is 3.43. The summed E-state index contributed by atoms with van der Waals surface area (Å²) in [4.78, 5) is 1.58. The molecule has 1 heterocycles. The summed E-state index contributed by atoms with van der Waals surface area (Å²) in [7, 11) is 0. The molecule has 0 saturated heterocycles. The molecule has 1 aromatic rings. The van der Waals surface area contributed by atoms with E-state index in [9.17, 15) is 0 Å². The first-order valence-corrected chi connectivity index (χ1v) is 8.96. The van der Waals surface area contributed by atoms with Crippen LogP contribution in [0, 0.1) is 5.41 Å². The first kappa shape index (κ1) is 15.1. The second-order valence-electron chi connectivity index (χ2n) is 6.14. The van der Waals surface area contributed by atoms with E-state index in [-0.39, 0.29) is 0 Å². The van der Waals surface area contributed by atoms with Gasteiger partial charge in [-0.2, -0.15) is 0 Å². The lowest BCUT2D eigenvalue weighted by molar-refractivity contribution is 0.157. The highest BCUT2D eigenvalue weighted by molar-refractivity contribution is 7.09. The average Bonchev–Trinajstić information content (AvgIpc) is 2.96. The predicted molar refractivity (Wildman–Crippen MR) is 85.9 cm³/mol. The topological polar surface area (TPSA) is 12.0 Å². The Morgan fingerprint density at radius 2 is 2.00 bits per heavy atom. The Bertz CT molecular complexity index is 325. The maximum Gasteiger partial charge on any atom is 0.00454 e. The van der Waals surface area contributed by atoms with E-state index in [2.05, 4.69) is 29.8 Å². The van der Waals surface area contributed by atoms with Gasteiger partial charge in [0.15, 0.2) is 0 Å². The van der Waals surface area contributed by atoms with Gasteiger partial charge in [-0.3, -0.25) is 0 Å². The van der Waals surface area contributed by atoms with Crippen LogP contribution in [0.2, 0.25) is 0 Å². The van der Waals surface area contributed by atoms with E-state index < -0.39 is 0 Å². The summed E-state index contributed by atoms with van der Waals surface area (Å²) >= 11 is 1.93. The Labute approximate surface area is 122 Å². The molecule has 1 saturated carbocycles. The van der Waals surface area contributed by atoms with Crippen LogP contribution in [-0.2, 0) is 6.42 Å². The molecular weight excluding hydrogens is 250 g/mol. The van der Waals surface area contributed by atoms with E-state index in [4.69, 9.17) is 0 Å². The molecule has 0 spiro atoms. The van der Waals surface area contributed by atoms with Crippen molar-refractivity contribution in [2.45, 2.75) is 64.7 Å². The molecule has 0 unspecified atom stereocenters. The fourth-order valence-corrected chi connectivity index (χ4v) is 4.13. The Morgan fingerprint density at radius 3 is 2.68 bits per heavy atom. The summed E-state index contributed by atoms with van der Waals surface area (Å²) in [6, 6.07) is 4.49. The third kappa shape index (κ3) is 4.92. The van der Waals surface area contributed by atoms with Crippen LogP contribution < -0.4 is 5.32 Å². The smallest absolute Gasteiger partial charge is 0.00454 e. The first-order chi connectivity index (χ1) is 9.35. The molecule has 108 valence electrons. The van der Waals surface area contributed by atoms with Crippen molar-refractivity contribution in [3.8, 4) is 0 Å². The van der Waals surface area contributed by atoms with Crippen LogP contribution >= 0.6 is 11.3 Å². The molecule has 1 nitrogen and oxygen atoms in total. The van der Waals surface area contributed by atoms with Gasteiger partial charge in [0, 0.05) is 4.88 Å². The van der Waals surface area contributed by atoms with Gasteiger partial charge in [-0.1, -0.05) is 32.3 Å². The van der Waals surface area contributed by atoms with E-state index >= 15 is 0 Å². The third-order valence-electron chi connectivity index (χ3n) is 4.65. The second-order valence-corrected chi connectivity index (χ2v) is 7.17. The van der Waals surface area contributed by atoms with Crippen molar-refractivity contribution in [2.75, 3.05) is 13.1 Å². The highest BCUT2D eigenvalue weighted by Gasteiger charge is 2.31.